The van der Waals surface area contributed by atoms with Crippen LogP contribution in [0, 0.1) is 12.8 Å². The maximum Gasteiger partial charge on any atom is 0.341 e. The zero-order chi connectivity index (χ0) is 14.5. The molecule has 21 heavy (non-hydrogen) atoms. The number of piperidine rings is 1. The molecule has 5 nitrogen and oxygen atoms in total. The monoisotopic (exact) mass is 316 g/mol. The smallest absolute Gasteiger partial charge is 0.341 e. The average Bonchev–Trinajstić information content (AvgIpc) is 2.79. The number of likely N-dealkylation sites (tertiary alicyclic amines) is 1. The lowest BCUT2D eigenvalue weighted by Gasteiger charge is -2.31. The molecule has 2 rings (SSSR count). The molecule has 1 saturated heterocycles. The van der Waals surface area contributed by atoms with Crippen LogP contribution in [0.3, 0.4) is 0 Å². The van der Waals surface area contributed by atoms with Crippen LogP contribution in [0.25, 0.3) is 0 Å². The fourth-order valence-corrected chi connectivity index (χ4v) is 2.92. The summed E-state index contributed by atoms with van der Waals surface area (Å²) in [5.41, 5.74) is 6.17. The van der Waals surface area contributed by atoms with E-state index in [1.165, 1.54) is 20.0 Å². The second kappa shape index (κ2) is 8.41. The van der Waals surface area contributed by atoms with Crippen LogP contribution in [0.5, 0.6) is 0 Å². The van der Waals surface area contributed by atoms with E-state index >= 15 is 0 Å². The van der Waals surface area contributed by atoms with Gasteiger partial charge in [-0.1, -0.05) is 0 Å². The average molecular weight is 317 g/mol. The first-order chi connectivity index (χ1) is 9.63. The summed E-state index contributed by atoms with van der Waals surface area (Å²) in [6.07, 6.45) is 3.55. The SMILES string of the molecule is COC(=O)c1cc(CN2CCCC(CCN)C2)oc1C.Cl. The van der Waals surface area contributed by atoms with Gasteiger partial charge in [0.15, 0.2) is 0 Å². The number of esters is 1. The number of hydrogen-bond acceptors (Lipinski definition) is 5. The highest BCUT2D eigenvalue weighted by molar-refractivity contribution is 5.90. The number of methoxy groups -OCH3 is 1. The molecule has 0 bridgehead atoms. The fourth-order valence-electron chi connectivity index (χ4n) is 2.92. The molecule has 0 aromatic carbocycles. The van der Waals surface area contributed by atoms with Gasteiger partial charge in [0.25, 0.3) is 0 Å². The third-order valence-corrected chi connectivity index (χ3v) is 3.93. The molecule has 1 aliphatic heterocycles. The minimum Gasteiger partial charge on any atom is -0.465 e. The summed E-state index contributed by atoms with van der Waals surface area (Å²) in [6, 6.07) is 1.80. The Hall–Kier alpha value is -1.04. The van der Waals surface area contributed by atoms with Gasteiger partial charge in [0.1, 0.15) is 17.1 Å². The van der Waals surface area contributed by atoms with Crippen LogP contribution < -0.4 is 5.73 Å². The van der Waals surface area contributed by atoms with Crippen molar-refractivity contribution in [2.24, 2.45) is 11.7 Å². The normalized spacial score (nSPS) is 19.1. The zero-order valence-electron chi connectivity index (χ0n) is 12.8. The number of nitrogens with two attached hydrogens (primary N) is 1. The Morgan fingerprint density at radius 3 is 3.00 bits per heavy atom. The molecular formula is C15H25ClN2O3. The molecule has 2 heterocycles. The molecule has 0 aliphatic carbocycles. The van der Waals surface area contributed by atoms with Crippen molar-refractivity contribution in [2.45, 2.75) is 32.7 Å². The summed E-state index contributed by atoms with van der Waals surface area (Å²) in [5.74, 6) is 1.81. The molecule has 1 unspecified atom stereocenters. The summed E-state index contributed by atoms with van der Waals surface area (Å²) < 4.78 is 10.4. The fraction of sp³-hybridized carbons (Fsp3) is 0.667. The first-order valence-corrected chi connectivity index (χ1v) is 7.24. The predicted octanol–water partition coefficient (Wildman–Crippen LogP) is 2.36. The zero-order valence-corrected chi connectivity index (χ0v) is 13.6. The van der Waals surface area contributed by atoms with Gasteiger partial charge in [-0.2, -0.15) is 0 Å². The van der Waals surface area contributed by atoms with Crippen LogP contribution in [0.15, 0.2) is 10.5 Å². The molecule has 6 heteroatoms. The molecule has 2 N–H and O–H groups in total. The summed E-state index contributed by atoms with van der Waals surface area (Å²) >= 11 is 0. The van der Waals surface area contributed by atoms with E-state index in [1.54, 1.807) is 13.0 Å². The maximum absolute atomic E-state index is 11.6. The third kappa shape index (κ3) is 4.73. The minimum atomic E-state index is -0.336. The van der Waals surface area contributed by atoms with Gasteiger partial charge in [-0.15, -0.1) is 12.4 Å². The number of ether oxygens (including phenoxy) is 1. The molecule has 0 saturated carbocycles. The second-order valence-corrected chi connectivity index (χ2v) is 5.49. The van der Waals surface area contributed by atoms with Crippen molar-refractivity contribution in [3.05, 3.63) is 23.2 Å². The van der Waals surface area contributed by atoms with Gasteiger partial charge in [-0.05, 0) is 51.3 Å². The van der Waals surface area contributed by atoms with Crippen molar-refractivity contribution in [1.82, 2.24) is 4.90 Å². The number of aryl methyl sites for hydroxylation is 1. The van der Waals surface area contributed by atoms with Crippen molar-refractivity contribution in [3.63, 3.8) is 0 Å². The molecule has 1 aromatic heterocycles. The van der Waals surface area contributed by atoms with Crippen LogP contribution in [-0.2, 0) is 11.3 Å². The number of halogens is 1. The Kier molecular flexibility index (Phi) is 7.22. The number of carbonyl (C=O) groups excluding carboxylic acids is 1. The van der Waals surface area contributed by atoms with Crippen molar-refractivity contribution in [3.8, 4) is 0 Å². The Bertz CT molecular complexity index is 460. The lowest BCUT2D eigenvalue weighted by Crippen LogP contribution is -2.35. The maximum atomic E-state index is 11.6. The first kappa shape index (κ1) is 18.0. The molecular weight excluding hydrogens is 292 g/mol. The van der Waals surface area contributed by atoms with Gasteiger partial charge in [-0.3, -0.25) is 4.90 Å². The molecule has 1 aliphatic rings. The standard InChI is InChI=1S/C15H24N2O3.ClH/c1-11-14(15(18)19-2)8-13(20-11)10-17-7-3-4-12(9-17)5-6-16;/h8,12H,3-7,9-10,16H2,1-2H3;1H. The lowest BCUT2D eigenvalue weighted by molar-refractivity contribution is 0.0599. The van der Waals surface area contributed by atoms with Crippen molar-refractivity contribution >= 4 is 18.4 Å². The predicted molar refractivity (Wildman–Crippen MR) is 83.7 cm³/mol. The molecule has 1 fully saturated rings. The van der Waals surface area contributed by atoms with Gasteiger partial charge in [0, 0.05) is 6.54 Å². The van der Waals surface area contributed by atoms with Crippen molar-refractivity contribution in [2.75, 3.05) is 26.7 Å². The molecule has 0 spiro atoms. The Morgan fingerprint density at radius 1 is 1.57 bits per heavy atom. The topological polar surface area (TPSA) is 68.7 Å². The van der Waals surface area contributed by atoms with E-state index in [9.17, 15) is 4.79 Å². The number of rotatable bonds is 5. The van der Waals surface area contributed by atoms with E-state index in [2.05, 4.69) is 4.90 Å². The van der Waals surface area contributed by atoms with E-state index < -0.39 is 0 Å². The summed E-state index contributed by atoms with van der Waals surface area (Å²) in [4.78, 5) is 13.9. The number of hydrogen-bond donors (Lipinski definition) is 1. The Balaban J connectivity index is 0.00000220. The quantitative estimate of drug-likeness (QED) is 0.845. The molecule has 1 atom stereocenters. The summed E-state index contributed by atoms with van der Waals surface area (Å²) in [7, 11) is 1.39. The number of furan rings is 1. The van der Waals surface area contributed by atoms with E-state index in [4.69, 9.17) is 14.9 Å². The molecule has 0 radical (unpaired) electrons. The summed E-state index contributed by atoms with van der Waals surface area (Å²) in [6.45, 7) is 5.44. The Morgan fingerprint density at radius 2 is 2.33 bits per heavy atom. The van der Waals surface area contributed by atoms with Gasteiger partial charge in [-0.25, -0.2) is 4.79 Å². The third-order valence-electron chi connectivity index (χ3n) is 3.93. The largest absolute Gasteiger partial charge is 0.465 e. The van der Waals surface area contributed by atoms with Crippen LogP contribution in [-0.4, -0.2) is 37.6 Å². The summed E-state index contributed by atoms with van der Waals surface area (Å²) in [5, 5.41) is 0. The van der Waals surface area contributed by atoms with Gasteiger partial charge >= 0.3 is 5.97 Å². The highest BCUT2D eigenvalue weighted by Crippen LogP contribution is 2.23. The lowest BCUT2D eigenvalue weighted by atomic mass is 9.95. The van der Waals surface area contributed by atoms with E-state index in [-0.39, 0.29) is 18.4 Å². The van der Waals surface area contributed by atoms with E-state index in [0.717, 1.165) is 38.4 Å². The van der Waals surface area contributed by atoms with Crippen molar-refractivity contribution < 1.29 is 13.9 Å². The molecule has 1 aromatic rings. The van der Waals surface area contributed by atoms with E-state index in [1.807, 2.05) is 0 Å². The molecule has 120 valence electrons. The highest BCUT2D eigenvalue weighted by atomic mass is 35.5. The molecule has 0 amide bonds. The number of carbonyl (C=O) groups is 1. The van der Waals surface area contributed by atoms with Crippen LogP contribution >= 0.6 is 12.4 Å². The second-order valence-electron chi connectivity index (χ2n) is 5.49. The van der Waals surface area contributed by atoms with Crippen LogP contribution in [0.4, 0.5) is 0 Å². The van der Waals surface area contributed by atoms with Crippen LogP contribution in [0.2, 0.25) is 0 Å². The Labute approximate surface area is 132 Å². The number of nitrogens with zero attached hydrogens (tertiary/aromatic N) is 1. The minimum absolute atomic E-state index is 0. The van der Waals surface area contributed by atoms with Crippen molar-refractivity contribution in [1.29, 1.82) is 0 Å². The van der Waals surface area contributed by atoms with E-state index in [0.29, 0.717) is 17.2 Å². The highest BCUT2D eigenvalue weighted by Gasteiger charge is 2.22. The van der Waals surface area contributed by atoms with Gasteiger partial charge < -0.3 is 14.9 Å². The van der Waals surface area contributed by atoms with Gasteiger partial charge in [0.05, 0.1) is 13.7 Å². The first-order valence-electron chi connectivity index (χ1n) is 7.24. The van der Waals surface area contributed by atoms with Crippen LogP contribution in [0.1, 0.15) is 41.1 Å². The van der Waals surface area contributed by atoms with Gasteiger partial charge in [0.2, 0.25) is 0 Å².